The van der Waals surface area contributed by atoms with Crippen molar-refractivity contribution in [1.82, 2.24) is 0 Å². The predicted molar refractivity (Wildman–Crippen MR) is 41.1 cm³/mol. The molecule has 0 aromatic heterocycles. The molecule has 0 saturated carbocycles. The number of hydrogen-bond acceptors (Lipinski definition) is 3. The van der Waals surface area contributed by atoms with E-state index in [1.165, 1.54) is 6.92 Å². The average Bonchev–Trinajstić information content (AvgIpc) is 1.86. The van der Waals surface area contributed by atoms with E-state index >= 15 is 0 Å². The lowest BCUT2D eigenvalue weighted by atomic mass is 9.86. The first-order chi connectivity index (χ1) is 4.90. The minimum Gasteiger partial charge on any atom is -0.392 e. The molecule has 0 heterocycles. The quantitative estimate of drug-likeness (QED) is 0.608. The Balaban J connectivity index is 4.11. The molecular formula is C8H14O3. The van der Waals surface area contributed by atoms with Gasteiger partial charge in [0.05, 0.1) is 6.10 Å². The SMILES string of the molecule is CC(=O)C[C@H](O)C(C)(C)C=O. The van der Waals surface area contributed by atoms with Gasteiger partial charge < -0.3 is 9.90 Å². The summed E-state index contributed by atoms with van der Waals surface area (Å²) in [5, 5.41) is 9.30. The van der Waals surface area contributed by atoms with Gasteiger partial charge in [0.1, 0.15) is 12.1 Å². The number of aliphatic hydroxyl groups excluding tert-OH is 1. The second kappa shape index (κ2) is 3.62. The van der Waals surface area contributed by atoms with Gasteiger partial charge in [-0.05, 0) is 6.92 Å². The Labute approximate surface area is 66.4 Å². The Morgan fingerprint density at radius 1 is 1.64 bits per heavy atom. The second-order valence-corrected chi connectivity index (χ2v) is 3.36. The number of carbonyl (C=O) groups is 2. The largest absolute Gasteiger partial charge is 0.392 e. The summed E-state index contributed by atoms with van der Waals surface area (Å²) in [5.41, 5.74) is -0.814. The number of aliphatic hydroxyl groups is 1. The number of ketones is 1. The van der Waals surface area contributed by atoms with Gasteiger partial charge in [0.15, 0.2) is 0 Å². The van der Waals surface area contributed by atoms with Crippen LogP contribution >= 0.6 is 0 Å². The van der Waals surface area contributed by atoms with Crippen molar-refractivity contribution < 1.29 is 14.7 Å². The monoisotopic (exact) mass is 158 g/mol. The van der Waals surface area contributed by atoms with Crippen molar-refractivity contribution >= 4 is 12.1 Å². The van der Waals surface area contributed by atoms with Crippen LogP contribution in [0.15, 0.2) is 0 Å². The first kappa shape index (κ1) is 10.3. The fourth-order valence-corrected chi connectivity index (χ4v) is 0.614. The van der Waals surface area contributed by atoms with Crippen LogP contribution in [0.4, 0.5) is 0 Å². The molecule has 0 radical (unpaired) electrons. The van der Waals surface area contributed by atoms with Crippen LogP contribution in [0.3, 0.4) is 0 Å². The number of Topliss-reactive ketones (excluding diaryl/α,β-unsaturated/α-hetero) is 1. The van der Waals surface area contributed by atoms with Crippen LogP contribution in [-0.2, 0) is 9.59 Å². The topological polar surface area (TPSA) is 54.4 Å². The molecule has 0 aliphatic carbocycles. The molecule has 0 unspecified atom stereocenters. The Bertz CT molecular complexity index is 161. The zero-order valence-electron chi connectivity index (χ0n) is 7.13. The minimum atomic E-state index is -0.863. The molecule has 0 rings (SSSR count). The molecule has 1 N–H and O–H groups in total. The summed E-state index contributed by atoms with van der Waals surface area (Å²) < 4.78 is 0. The summed E-state index contributed by atoms with van der Waals surface area (Å²) >= 11 is 0. The third-order valence-electron chi connectivity index (χ3n) is 1.64. The molecule has 0 bridgehead atoms. The van der Waals surface area contributed by atoms with Crippen LogP contribution in [0.1, 0.15) is 27.2 Å². The lowest BCUT2D eigenvalue weighted by molar-refractivity contribution is -0.125. The average molecular weight is 158 g/mol. The third kappa shape index (κ3) is 3.28. The van der Waals surface area contributed by atoms with E-state index in [9.17, 15) is 14.7 Å². The van der Waals surface area contributed by atoms with E-state index in [2.05, 4.69) is 0 Å². The summed E-state index contributed by atoms with van der Waals surface area (Å²) in [6.45, 7) is 4.60. The predicted octanol–water partition coefficient (Wildman–Crippen LogP) is 0.551. The number of hydrogen-bond donors (Lipinski definition) is 1. The van der Waals surface area contributed by atoms with Gasteiger partial charge in [-0.15, -0.1) is 0 Å². The van der Waals surface area contributed by atoms with E-state index < -0.39 is 11.5 Å². The maximum atomic E-state index is 10.5. The van der Waals surface area contributed by atoms with Crippen molar-refractivity contribution in [3.05, 3.63) is 0 Å². The molecule has 0 saturated heterocycles. The molecular weight excluding hydrogens is 144 g/mol. The smallest absolute Gasteiger partial charge is 0.132 e. The summed E-state index contributed by atoms with van der Waals surface area (Å²) in [6.07, 6.45) is -0.149. The van der Waals surface area contributed by atoms with Crippen molar-refractivity contribution in [1.29, 1.82) is 0 Å². The van der Waals surface area contributed by atoms with Crippen LogP contribution in [0.2, 0.25) is 0 Å². The number of carbonyl (C=O) groups excluding carboxylic acids is 2. The standard InChI is InChI=1S/C8H14O3/c1-6(10)4-7(11)8(2,3)5-9/h5,7,11H,4H2,1-3H3/t7-/m0/s1. The van der Waals surface area contributed by atoms with E-state index in [0.29, 0.717) is 6.29 Å². The van der Waals surface area contributed by atoms with E-state index in [0.717, 1.165) is 0 Å². The minimum absolute atomic E-state index is 0.0474. The lowest BCUT2D eigenvalue weighted by Gasteiger charge is -2.22. The molecule has 11 heavy (non-hydrogen) atoms. The fraction of sp³-hybridized carbons (Fsp3) is 0.750. The van der Waals surface area contributed by atoms with Crippen molar-refractivity contribution in [2.75, 3.05) is 0 Å². The van der Waals surface area contributed by atoms with Crippen LogP contribution < -0.4 is 0 Å². The molecule has 0 aliphatic rings. The van der Waals surface area contributed by atoms with Crippen molar-refractivity contribution in [3.63, 3.8) is 0 Å². The summed E-state index contributed by atoms with van der Waals surface area (Å²) in [4.78, 5) is 20.9. The Kier molecular flexibility index (Phi) is 3.39. The van der Waals surface area contributed by atoms with Gasteiger partial charge in [0, 0.05) is 11.8 Å². The molecule has 0 fully saturated rings. The van der Waals surface area contributed by atoms with E-state index in [1.54, 1.807) is 13.8 Å². The van der Waals surface area contributed by atoms with Gasteiger partial charge in [0.25, 0.3) is 0 Å². The zero-order valence-corrected chi connectivity index (χ0v) is 7.13. The first-order valence-electron chi connectivity index (χ1n) is 3.54. The molecule has 0 aromatic rings. The number of rotatable bonds is 4. The fourth-order valence-electron chi connectivity index (χ4n) is 0.614. The molecule has 3 nitrogen and oxygen atoms in total. The van der Waals surface area contributed by atoms with Gasteiger partial charge in [-0.2, -0.15) is 0 Å². The highest BCUT2D eigenvalue weighted by atomic mass is 16.3. The van der Waals surface area contributed by atoms with Crippen LogP contribution in [0.5, 0.6) is 0 Å². The van der Waals surface area contributed by atoms with Gasteiger partial charge in [-0.1, -0.05) is 13.8 Å². The first-order valence-corrected chi connectivity index (χ1v) is 3.54. The molecule has 0 amide bonds. The Morgan fingerprint density at radius 2 is 2.09 bits per heavy atom. The van der Waals surface area contributed by atoms with E-state index in [-0.39, 0.29) is 12.2 Å². The van der Waals surface area contributed by atoms with Gasteiger partial charge in [0.2, 0.25) is 0 Å². The second-order valence-electron chi connectivity index (χ2n) is 3.36. The van der Waals surface area contributed by atoms with Crippen molar-refractivity contribution in [3.8, 4) is 0 Å². The summed E-state index contributed by atoms with van der Waals surface area (Å²) in [5.74, 6) is -0.104. The molecule has 0 spiro atoms. The summed E-state index contributed by atoms with van der Waals surface area (Å²) in [7, 11) is 0. The highest BCUT2D eigenvalue weighted by Gasteiger charge is 2.27. The van der Waals surface area contributed by atoms with Gasteiger partial charge in [-0.3, -0.25) is 4.79 Å². The van der Waals surface area contributed by atoms with Crippen LogP contribution in [0, 0.1) is 5.41 Å². The maximum Gasteiger partial charge on any atom is 0.132 e. The highest BCUT2D eigenvalue weighted by molar-refractivity contribution is 5.76. The molecule has 3 heteroatoms. The number of aldehydes is 1. The third-order valence-corrected chi connectivity index (χ3v) is 1.64. The maximum absolute atomic E-state index is 10.5. The van der Waals surface area contributed by atoms with Crippen LogP contribution in [-0.4, -0.2) is 23.3 Å². The van der Waals surface area contributed by atoms with Crippen molar-refractivity contribution in [2.45, 2.75) is 33.3 Å². The lowest BCUT2D eigenvalue weighted by Crippen LogP contribution is -2.32. The zero-order chi connectivity index (χ0) is 9.07. The van der Waals surface area contributed by atoms with E-state index in [4.69, 9.17) is 0 Å². The normalized spacial score (nSPS) is 14.2. The van der Waals surface area contributed by atoms with Gasteiger partial charge >= 0.3 is 0 Å². The van der Waals surface area contributed by atoms with Crippen LogP contribution in [0.25, 0.3) is 0 Å². The van der Waals surface area contributed by atoms with E-state index in [1.807, 2.05) is 0 Å². The Morgan fingerprint density at radius 3 is 2.36 bits per heavy atom. The molecule has 1 atom stereocenters. The van der Waals surface area contributed by atoms with Gasteiger partial charge in [-0.25, -0.2) is 0 Å². The molecule has 64 valence electrons. The van der Waals surface area contributed by atoms with Crippen molar-refractivity contribution in [2.24, 2.45) is 5.41 Å². The highest BCUT2D eigenvalue weighted by Crippen LogP contribution is 2.19. The molecule has 0 aromatic carbocycles. The Hall–Kier alpha value is -0.700. The molecule has 0 aliphatic heterocycles. The summed E-state index contributed by atoms with van der Waals surface area (Å²) in [6, 6.07) is 0.